The van der Waals surface area contributed by atoms with E-state index >= 15 is 0 Å². The third kappa shape index (κ3) is 8.10. The Bertz CT molecular complexity index is 405. The smallest absolute Gasteiger partial charge is 0.191 e. The molecule has 5 nitrogen and oxygen atoms in total. The number of likely N-dealkylation sites (tertiary alicyclic amines) is 1. The van der Waals surface area contributed by atoms with Gasteiger partial charge in [0.1, 0.15) is 0 Å². The summed E-state index contributed by atoms with van der Waals surface area (Å²) < 4.78 is 5.78. The topological polar surface area (TPSA) is 48.9 Å². The quantitative estimate of drug-likeness (QED) is 0.233. The number of ether oxygens (including phenoxy) is 1. The van der Waals surface area contributed by atoms with Crippen LogP contribution < -0.4 is 10.6 Å². The Morgan fingerprint density at radius 1 is 1.27 bits per heavy atom. The largest absolute Gasteiger partial charge is 0.381 e. The lowest BCUT2D eigenvalue weighted by Gasteiger charge is -2.34. The fourth-order valence-electron chi connectivity index (χ4n) is 3.71. The van der Waals surface area contributed by atoms with Gasteiger partial charge in [0.05, 0.1) is 6.54 Å². The van der Waals surface area contributed by atoms with E-state index in [1.54, 1.807) is 0 Å². The number of aliphatic imine (C=N–C) groups is 1. The minimum atomic E-state index is 0. The first-order valence-corrected chi connectivity index (χ1v) is 11.3. The molecule has 0 spiro atoms. The summed E-state index contributed by atoms with van der Waals surface area (Å²) in [7, 11) is 0. The van der Waals surface area contributed by atoms with Gasteiger partial charge in [-0.2, -0.15) is 11.8 Å². The minimum absolute atomic E-state index is 0. The molecule has 1 atom stereocenters. The van der Waals surface area contributed by atoms with E-state index in [1.807, 2.05) is 11.8 Å². The number of nitrogens with one attached hydrogen (secondary N) is 2. The highest BCUT2D eigenvalue weighted by Gasteiger charge is 2.31. The van der Waals surface area contributed by atoms with Crippen LogP contribution in [0.15, 0.2) is 4.99 Å². The summed E-state index contributed by atoms with van der Waals surface area (Å²) >= 11 is 1.95. The highest BCUT2D eigenvalue weighted by Crippen LogP contribution is 2.33. The van der Waals surface area contributed by atoms with Gasteiger partial charge >= 0.3 is 0 Å². The molecule has 2 saturated heterocycles. The summed E-state index contributed by atoms with van der Waals surface area (Å²) in [5.74, 6) is 0.967. The molecule has 0 amide bonds. The summed E-state index contributed by atoms with van der Waals surface area (Å²) in [5, 5.41) is 6.92. The van der Waals surface area contributed by atoms with E-state index in [9.17, 15) is 0 Å². The zero-order valence-electron chi connectivity index (χ0n) is 16.9. The molecule has 0 saturated carbocycles. The lowest BCUT2D eigenvalue weighted by Crippen LogP contribution is -2.42. The van der Waals surface area contributed by atoms with Crippen molar-refractivity contribution in [1.29, 1.82) is 0 Å². The van der Waals surface area contributed by atoms with Gasteiger partial charge in [0.15, 0.2) is 5.96 Å². The number of hydrogen-bond donors (Lipinski definition) is 2. The molecule has 0 aromatic rings. The molecule has 2 rings (SSSR count). The van der Waals surface area contributed by atoms with E-state index in [-0.39, 0.29) is 28.7 Å². The second-order valence-corrected chi connectivity index (χ2v) is 8.63. The predicted octanol–water partition coefficient (Wildman–Crippen LogP) is 3.34. The second-order valence-electron chi connectivity index (χ2n) is 7.36. The first kappa shape index (κ1) is 24.3. The van der Waals surface area contributed by atoms with Crippen LogP contribution in [0.1, 0.15) is 52.4 Å². The Morgan fingerprint density at radius 3 is 2.69 bits per heavy atom. The van der Waals surface area contributed by atoms with Crippen molar-refractivity contribution in [2.24, 2.45) is 4.99 Å². The molecule has 7 heteroatoms. The zero-order chi connectivity index (χ0) is 18.0. The van der Waals surface area contributed by atoms with Crippen LogP contribution in [0, 0.1) is 0 Å². The summed E-state index contributed by atoms with van der Waals surface area (Å²) in [5.41, 5.74) is 0. The Morgan fingerprint density at radius 2 is 2.04 bits per heavy atom. The first-order chi connectivity index (χ1) is 12.2. The van der Waals surface area contributed by atoms with Gasteiger partial charge in [-0.25, -0.2) is 0 Å². The molecule has 154 valence electrons. The highest BCUT2D eigenvalue weighted by atomic mass is 127. The fraction of sp³-hybridized carbons (Fsp3) is 0.947. The number of hydrogen-bond acceptors (Lipinski definition) is 4. The maximum atomic E-state index is 5.53. The van der Waals surface area contributed by atoms with Crippen molar-refractivity contribution in [3.63, 3.8) is 0 Å². The summed E-state index contributed by atoms with van der Waals surface area (Å²) in [6.45, 7) is 11.5. The monoisotopic (exact) mass is 498 g/mol. The average molecular weight is 499 g/mol. The molecular formula is C19H39IN4OS. The van der Waals surface area contributed by atoms with Crippen LogP contribution in [0.5, 0.6) is 0 Å². The van der Waals surface area contributed by atoms with Crippen LogP contribution in [-0.4, -0.2) is 73.8 Å². The van der Waals surface area contributed by atoms with E-state index in [2.05, 4.69) is 35.6 Å². The van der Waals surface area contributed by atoms with Crippen molar-refractivity contribution in [3.8, 4) is 0 Å². The second kappa shape index (κ2) is 13.4. The molecule has 0 aliphatic carbocycles. The molecule has 0 bridgehead atoms. The van der Waals surface area contributed by atoms with Crippen molar-refractivity contribution >= 4 is 41.7 Å². The normalized spacial score (nSPS) is 24.0. The number of rotatable bonds is 8. The molecule has 1 unspecified atom stereocenters. The fourth-order valence-corrected chi connectivity index (χ4v) is 4.48. The molecule has 2 heterocycles. The lowest BCUT2D eigenvalue weighted by atomic mass is 9.99. The van der Waals surface area contributed by atoms with Gasteiger partial charge in [0.25, 0.3) is 0 Å². The number of nitrogens with zero attached hydrogens (tertiary/aromatic N) is 2. The van der Waals surface area contributed by atoms with Gasteiger partial charge in [-0.3, -0.25) is 4.99 Å². The number of halogens is 1. The van der Waals surface area contributed by atoms with Gasteiger partial charge < -0.3 is 20.3 Å². The van der Waals surface area contributed by atoms with Crippen molar-refractivity contribution in [3.05, 3.63) is 0 Å². The van der Waals surface area contributed by atoms with Gasteiger partial charge in [-0.05, 0) is 58.8 Å². The van der Waals surface area contributed by atoms with E-state index in [0.717, 1.165) is 57.7 Å². The SMILES string of the molecule is CCNC(=NCC1(SC)CCOCC1)NCCCN1CCCCC1C.I. The Balaban J connectivity index is 0.00000338. The number of guanidine groups is 1. The Hall–Kier alpha value is 0.270. The van der Waals surface area contributed by atoms with E-state index in [0.29, 0.717) is 0 Å². The molecule has 26 heavy (non-hydrogen) atoms. The van der Waals surface area contributed by atoms with E-state index < -0.39 is 0 Å². The average Bonchev–Trinajstić information content (AvgIpc) is 2.65. The standard InChI is InChI=1S/C19H38N4OS.HI/c1-4-20-18(22-16-19(25-3)9-14-24-15-10-19)21-11-7-13-23-12-6-5-8-17(23)2;/h17H,4-16H2,1-3H3,(H2,20,21,22);1H. The molecule has 2 fully saturated rings. The van der Waals surface area contributed by atoms with Crippen LogP contribution in [0.2, 0.25) is 0 Å². The zero-order valence-corrected chi connectivity index (χ0v) is 20.0. The number of thioether (sulfide) groups is 1. The Kier molecular flexibility index (Phi) is 12.6. The third-order valence-electron chi connectivity index (χ3n) is 5.56. The first-order valence-electron chi connectivity index (χ1n) is 10.1. The van der Waals surface area contributed by atoms with Crippen LogP contribution in [0.25, 0.3) is 0 Å². The molecular weight excluding hydrogens is 459 g/mol. The molecule has 0 aromatic heterocycles. The van der Waals surface area contributed by atoms with E-state index in [1.165, 1.54) is 38.8 Å². The maximum absolute atomic E-state index is 5.53. The van der Waals surface area contributed by atoms with Crippen molar-refractivity contribution in [2.75, 3.05) is 52.2 Å². The summed E-state index contributed by atoms with van der Waals surface area (Å²) in [6.07, 6.45) is 9.71. The van der Waals surface area contributed by atoms with Crippen molar-refractivity contribution in [2.45, 2.75) is 63.2 Å². The maximum Gasteiger partial charge on any atom is 0.191 e. The molecule has 0 aromatic carbocycles. The van der Waals surface area contributed by atoms with Crippen molar-refractivity contribution < 1.29 is 4.74 Å². The molecule has 2 aliphatic heterocycles. The van der Waals surface area contributed by atoms with Gasteiger partial charge in [-0.15, -0.1) is 24.0 Å². The summed E-state index contributed by atoms with van der Waals surface area (Å²) in [4.78, 5) is 7.52. The highest BCUT2D eigenvalue weighted by molar-refractivity contribution is 14.0. The van der Waals surface area contributed by atoms with Crippen LogP contribution in [0.4, 0.5) is 0 Å². The third-order valence-corrected chi connectivity index (χ3v) is 6.97. The molecule has 2 aliphatic rings. The van der Waals surface area contributed by atoms with E-state index in [4.69, 9.17) is 9.73 Å². The predicted molar refractivity (Wildman–Crippen MR) is 125 cm³/mol. The number of piperidine rings is 1. The van der Waals surface area contributed by atoms with Gasteiger partial charge in [0.2, 0.25) is 0 Å². The van der Waals surface area contributed by atoms with Crippen LogP contribution in [-0.2, 0) is 4.74 Å². The Labute approximate surface area is 181 Å². The van der Waals surface area contributed by atoms with Gasteiger partial charge in [0, 0.05) is 43.6 Å². The van der Waals surface area contributed by atoms with Crippen LogP contribution >= 0.6 is 35.7 Å². The molecule has 2 N–H and O–H groups in total. The lowest BCUT2D eigenvalue weighted by molar-refractivity contribution is 0.0794. The van der Waals surface area contributed by atoms with Crippen LogP contribution in [0.3, 0.4) is 0 Å². The van der Waals surface area contributed by atoms with Crippen molar-refractivity contribution in [1.82, 2.24) is 15.5 Å². The summed E-state index contributed by atoms with van der Waals surface area (Å²) in [6, 6.07) is 0.755. The molecule has 0 radical (unpaired) electrons. The van der Waals surface area contributed by atoms with Gasteiger partial charge in [-0.1, -0.05) is 6.42 Å². The minimum Gasteiger partial charge on any atom is -0.381 e.